The summed E-state index contributed by atoms with van der Waals surface area (Å²) in [6, 6.07) is -0.547. The van der Waals surface area contributed by atoms with Crippen molar-refractivity contribution in [3.8, 4) is 0 Å². The summed E-state index contributed by atoms with van der Waals surface area (Å²) in [6.45, 7) is 2.31. The molecule has 20 heavy (non-hydrogen) atoms. The van der Waals surface area contributed by atoms with E-state index in [1.807, 2.05) is 0 Å². The molecule has 0 bridgehead atoms. The van der Waals surface area contributed by atoms with Crippen molar-refractivity contribution in [2.24, 2.45) is 0 Å². The molecular formula is C11H21NO7S. The molecule has 9 heteroatoms. The first-order valence-corrected chi connectivity index (χ1v) is 7.76. The Hall–Kier alpha value is -1.19. The second-order valence-electron chi connectivity index (χ2n) is 4.54. The van der Waals surface area contributed by atoms with Gasteiger partial charge in [-0.2, -0.15) is 8.42 Å². The molecule has 0 radical (unpaired) electrons. The monoisotopic (exact) mass is 311 g/mol. The average molecular weight is 311 g/mol. The smallest absolute Gasteiger partial charge is 0.317 e. The van der Waals surface area contributed by atoms with Gasteiger partial charge in [-0.15, -0.1) is 0 Å². The molecule has 0 saturated heterocycles. The van der Waals surface area contributed by atoms with Gasteiger partial charge in [0.25, 0.3) is 10.1 Å². The predicted molar refractivity (Wildman–Crippen MR) is 71.2 cm³/mol. The molecule has 0 aromatic heterocycles. The normalized spacial score (nSPS) is 15.0. The minimum atomic E-state index is -4.23. The minimum absolute atomic E-state index is 0.00755. The van der Waals surface area contributed by atoms with E-state index in [9.17, 15) is 18.0 Å². The van der Waals surface area contributed by atoms with Crippen LogP contribution in [0.3, 0.4) is 0 Å². The Morgan fingerprint density at radius 3 is 1.75 bits per heavy atom. The Morgan fingerprint density at radius 1 is 1.05 bits per heavy atom. The Kier molecular flexibility index (Phi) is 7.69. The van der Waals surface area contributed by atoms with E-state index in [1.54, 1.807) is 13.8 Å². The third-order valence-corrected chi connectivity index (χ3v) is 4.44. The summed E-state index contributed by atoms with van der Waals surface area (Å²) < 4.78 is 31.5. The van der Waals surface area contributed by atoms with Gasteiger partial charge < -0.3 is 10.2 Å². The summed E-state index contributed by atoms with van der Waals surface area (Å²) in [5, 5.41) is 16.6. The summed E-state index contributed by atoms with van der Waals surface area (Å²) in [5.74, 6) is -2.38. The Labute approximate surface area is 118 Å². The highest BCUT2D eigenvalue weighted by molar-refractivity contribution is 7.86. The molecule has 0 spiro atoms. The van der Waals surface area contributed by atoms with Crippen molar-refractivity contribution < 1.29 is 32.8 Å². The number of aliphatic carboxylic acids is 2. The van der Waals surface area contributed by atoms with E-state index >= 15 is 0 Å². The van der Waals surface area contributed by atoms with Crippen molar-refractivity contribution in [1.29, 1.82) is 0 Å². The van der Waals surface area contributed by atoms with Crippen molar-refractivity contribution in [2.75, 3.05) is 13.1 Å². The summed E-state index contributed by atoms with van der Waals surface area (Å²) in [7, 11) is -4.23. The molecule has 118 valence electrons. The fourth-order valence-electron chi connectivity index (χ4n) is 2.04. The van der Waals surface area contributed by atoms with Gasteiger partial charge in [0.1, 0.15) is 0 Å². The Morgan fingerprint density at radius 2 is 1.50 bits per heavy atom. The maximum absolute atomic E-state index is 11.2. The van der Waals surface area contributed by atoms with Gasteiger partial charge in [-0.05, 0) is 19.3 Å². The first-order valence-electron chi connectivity index (χ1n) is 6.25. The summed E-state index contributed by atoms with van der Waals surface area (Å²) in [6.07, 6.45) is 0.544. The van der Waals surface area contributed by atoms with Crippen molar-refractivity contribution in [3.63, 3.8) is 0 Å². The fraction of sp³-hybridized carbons (Fsp3) is 0.818. The molecule has 2 atom stereocenters. The van der Waals surface area contributed by atoms with E-state index in [1.165, 1.54) is 4.90 Å². The van der Waals surface area contributed by atoms with Crippen LogP contribution in [0.2, 0.25) is 0 Å². The highest BCUT2D eigenvalue weighted by Crippen LogP contribution is 2.18. The lowest BCUT2D eigenvalue weighted by atomic mass is 10.1. The molecule has 2 unspecified atom stereocenters. The van der Waals surface area contributed by atoms with Gasteiger partial charge in [-0.25, -0.2) is 0 Å². The van der Waals surface area contributed by atoms with Crippen LogP contribution in [0.5, 0.6) is 0 Å². The van der Waals surface area contributed by atoms with Crippen molar-refractivity contribution in [2.45, 2.75) is 44.4 Å². The van der Waals surface area contributed by atoms with Crippen LogP contribution in [-0.4, -0.2) is 64.4 Å². The first kappa shape index (κ1) is 18.8. The minimum Gasteiger partial charge on any atom is -0.480 e. The number of rotatable bonds is 10. The second kappa shape index (κ2) is 8.18. The van der Waals surface area contributed by atoms with Gasteiger partial charge in [-0.3, -0.25) is 19.0 Å². The molecule has 0 aliphatic rings. The van der Waals surface area contributed by atoms with Crippen molar-refractivity contribution in [3.05, 3.63) is 0 Å². The van der Waals surface area contributed by atoms with E-state index in [0.717, 1.165) is 0 Å². The quantitative estimate of drug-likeness (QED) is 0.490. The van der Waals surface area contributed by atoms with Crippen LogP contribution in [0.4, 0.5) is 0 Å². The van der Waals surface area contributed by atoms with E-state index in [2.05, 4.69) is 0 Å². The van der Waals surface area contributed by atoms with Gasteiger partial charge in [0.2, 0.25) is 0 Å². The third-order valence-electron chi connectivity index (χ3n) is 3.08. The van der Waals surface area contributed by atoms with Crippen LogP contribution in [-0.2, 0) is 19.7 Å². The first-order chi connectivity index (χ1) is 9.11. The van der Waals surface area contributed by atoms with Crippen LogP contribution in [0.1, 0.15) is 33.1 Å². The molecule has 0 aliphatic carbocycles. The molecule has 0 amide bonds. The largest absolute Gasteiger partial charge is 0.480 e. The van der Waals surface area contributed by atoms with Gasteiger partial charge >= 0.3 is 11.9 Å². The number of hydrogen-bond donors (Lipinski definition) is 3. The topological polar surface area (TPSA) is 132 Å². The number of nitrogens with zero attached hydrogens (tertiary/aromatic N) is 1. The van der Waals surface area contributed by atoms with Gasteiger partial charge in [0.15, 0.2) is 0 Å². The van der Waals surface area contributed by atoms with E-state index in [4.69, 9.17) is 14.8 Å². The number of hydrogen-bond acceptors (Lipinski definition) is 5. The lowest BCUT2D eigenvalue weighted by molar-refractivity contribution is -0.143. The molecule has 0 fully saturated rings. The summed E-state index contributed by atoms with van der Waals surface area (Å²) in [4.78, 5) is 22.7. The highest BCUT2D eigenvalue weighted by Gasteiger charge is 2.29. The Bertz CT molecular complexity index is 418. The van der Waals surface area contributed by atoms with Gasteiger partial charge in [0.05, 0.1) is 18.3 Å². The molecule has 0 aromatic carbocycles. The lowest BCUT2D eigenvalue weighted by Gasteiger charge is -2.30. The highest BCUT2D eigenvalue weighted by atomic mass is 32.2. The standard InChI is InChI=1S/C11H21NO7S/c1-3-8(5-9(4-2)20(17,18)19)12(6-10(13)14)7-11(15)16/h8-9H,3-7H2,1-2H3,(H,13,14)(H,15,16)(H,17,18,19). The fourth-order valence-corrected chi connectivity index (χ4v) is 2.92. The van der Waals surface area contributed by atoms with Crippen molar-refractivity contribution in [1.82, 2.24) is 4.90 Å². The molecule has 3 N–H and O–H groups in total. The molecule has 0 saturated carbocycles. The van der Waals surface area contributed by atoms with Gasteiger partial charge in [-0.1, -0.05) is 13.8 Å². The van der Waals surface area contributed by atoms with Crippen LogP contribution in [0, 0.1) is 0 Å². The zero-order valence-electron chi connectivity index (χ0n) is 11.5. The number of carboxylic acids is 2. The number of carbonyl (C=O) groups is 2. The third kappa shape index (κ3) is 6.83. The number of carboxylic acid groups (broad SMARTS) is 2. The lowest BCUT2D eigenvalue weighted by Crippen LogP contribution is -2.44. The second-order valence-corrected chi connectivity index (χ2v) is 6.23. The van der Waals surface area contributed by atoms with Gasteiger partial charge in [0, 0.05) is 6.04 Å². The summed E-state index contributed by atoms with van der Waals surface area (Å²) in [5.41, 5.74) is 0. The average Bonchev–Trinajstić information content (AvgIpc) is 2.26. The van der Waals surface area contributed by atoms with E-state index in [-0.39, 0.29) is 12.8 Å². The molecular weight excluding hydrogens is 290 g/mol. The zero-order valence-corrected chi connectivity index (χ0v) is 12.3. The molecule has 8 nitrogen and oxygen atoms in total. The van der Waals surface area contributed by atoms with Crippen LogP contribution in [0.15, 0.2) is 0 Å². The Balaban J connectivity index is 5.05. The van der Waals surface area contributed by atoms with Crippen LogP contribution < -0.4 is 0 Å². The maximum Gasteiger partial charge on any atom is 0.317 e. The van der Waals surface area contributed by atoms with Crippen LogP contribution in [0.25, 0.3) is 0 Å². The molecule has 0 aliphatic heterocycles. The van der Waals surface area contributed by atoms with E-state index < -0.39 is 46.4 Å². The van der Waals surface area contributed by atoms with Crippen LogP contribution >= 0.6 is 0 Å². The molecule has 0 heterocycles. The SMILES string of the molecule is CCC(CC(CC)S(=O)(=O)O)N(CC(=O)O)CC(=O)O. The predicted octanol–water partition coefficient (Wildman–Crippen LogP) is 0.293. The van der Waals surface area contributed by atoms with E-state index in [0.29, 0.717) is 6.42 Å². The maximum atomic E-state index is 11.2. The molecule has 0 aromatic rings. The molecule has 0 rings (SSSR count). The van der Waals surface area contributed by atoms with Crippen molar-refractivity contribution >= 4 is 22.1 Å². The zero-order chi connectivity index (χ0) is 15.9. The summed E-state index contributed by atoms with van der Waals surface area (Å²) >= 11 is 0.